The Bertz CT molecular complexity index is 584. The molecule has 2 rings (SSSR count). The molecule has 2 heteroatoms. The number of halogens is 1. The van der Waals surface area contributed by atoms with Gasteiger partial charge in [0.05, 0.1) is 6.04 Å². The molecule has 0 aromatic heterocycles. The van der Waals surface area contributed by atoms with Gasteiger partial charge in [0, 0.05) is 5.56 Å². The lowest BCUT2D eigenvalue weighted by molar-refractivity contribution is 0.548. The van der Waals surface area contributed by atoms with Crippen LogP contribution >= 0.6 is 0 Å². The summed E-state index contributed by atoms with van der Waals surface area (Å²) in [6.45, 7) is 6.54. The third-order valence-electron chi connectivity index (χ3n) is 3.58. The lowest BCUT2D eigenvalue weighted by Gasteiger charge is -2.28. The summed E-state index contributed by atoms with van der Waals surface area (Å²) in [6, 6.07) is 15.1. The summed E-state index contributed by atoms with van der Waals surface area (Å²) in [4.78, 5) is 0. The topological polar surface area (TPSA) is 12.0 Å². The highest BCUT2D eigenvalue weighted by Gasteiger charge is 2.24. The fraction of sp³-hybridized carbons (Fsp3) is 0.333. The number of hydrogen-bond acceptors (Lipinski definition) is 1. The van der Waals surface area contributed by atoms with Gasteiger partial charge in [0.2, 0.25) is 0 Å². The van der Waals surface area contributed by atoms with Crippen LogP contribution in [0.3, 0.4) is 0 Å². The first-order valence-electron chi connectivity index (χ1n) is 6.96. The van der Waals surface area contributed by atoms with E-state index in [4.69, 9.17) is 0 Å². The molecule has 0 bridgehead atoms. The van der Waals surface area contributed by atoms with Crippen molar-refractivity contribution in [2.45, 2.75) is 32.2 Å². The second-order valence-corrected chi connectivity index (χ2v) is 6.08. The van der Waals surface area contributed by atoms with E-state index in [0.29, 0.717) is 5.56 Å². The Morgan fingerprint density at radius 2 is 1.45 bits per heavy atom. The van der Waals surface area contributed by atoms with Gasteiger partial charge in [-0.2, -0.15) is 0 Å². The van der Waals surface area contributed by atoms with Crippen molar-refractivity contribution in [3.05, 3.63) is 71.0 Å². The Kier molecular flexibility index (Phi) is 4.24. The van der Waals surface area contributed by atoms with E-state index < -0.39 is 0 Å². The standard InChI is InChI=1S/C18H22FN/c1-18(2,3)15-11-7-5-9-13(15)17(20-4)14-10-6-8-12-16(14)19/h5-12,17,20H,1-4H3. The van der Waals surface area contributed by atoms with Crippen molar-refractivity contribution in [1.29, 1.82) is 0 Å². The molecule has 20 heavy (non-hydrogen) atoms. The Balaban J connectivity index is 2.57. The van der Waals surface area contributed by atoms with Crippen molar-refractivity contribution in [3.8, 4) is 0 Å². The van der Waals surface area contributed by atoms with E-state index in [2.05, 4.69) is 38.2 Å². The zero-order valence-electron chi connectivity index (χ0n) is 12.6. The summed E-state index contributed by atoms with van der Waals surface area (Å²) in [5.74, 6) is -0.171. The fourth-order valence-corrected chi connectivity index (χ4v) is 2.62. The van der Waals surface area contributed by atoms with E-state index in [1.807, 2.05) is 31.3 Å². The molecule has 1 atom stereocenters. The molecule has 2 aromatic rings. The maximum atomic E-state index is 14.1. The monoisotopic (exact) mass is 271 g/mol. The van der Waals surface area contributed by atoms with Crippen LogP contribution in [0.1, 0.15) is 43.5 Å². The molecule has 0 amide bonds. The van der Waals surface area contributed by atoms with Gasteiger partial charge in [-0.25, -0.2) is 4.39 Å². The smallest absolute Gasteiger partial charge is 0.128 e. The highest BCUT2D eigenvalue weighted by Crippen LogP contribution is 2.33. The summed E-state index contributed by atoms with van der Waals surface area (Å²) < 4.78 is 14.1. The van der Waals surface area contributed by atoms with Gasteiger partial charge in [-0.3, -0.25) is 0 Å². The van der Waals surface area contributed by atoms with Crippen molar-refractivity contribution in [2.75, 3.05) is 7.05 Å². The summed E-state index contributed by atoms with van der Waals surface area (Å²) in [5.41, 5.74) is 3.08. The van der Waals surface area contributed by atoms with E-state index in [-0.39, 0.29) is 17.3 Å². The SMILES string of the molecule is CNC(c1ccccc1F)c1ccccc1C(C)(C)C. The van der Waals surface area contributed by atoms with Gasteiger partial charge >= 0.3 is 0 Å². The molecular weight excluding hydrogens is 249 g/mol. The second kappa shape index (κ2) is 5.76. The van der Waals surface area contributed by atoms with Crippen LogP contribution in [0.15, 0.2) is 48.5 Å². The predicted octanol–water partition coefficient (Wildman–Crippen LogP) is 4.43. The first kappa shape index (κ1) is 14.7. The third-order valence-corrected chi connectivity index (χ3v) is 3.58. The molecule has 0 saturated carbocycles. The third kappa shape index (κ3) is 2.91. The molecule has 1 N–H and O–H groups in total. The van der Waals surface area contributed by atoms with Crippen LogP contribution < -0.4 is 5.32 Å². The van der Waals surface area contributed by atoms with Crippen LogP contribution in [0.2, 0.25) is 0 Å². The van der Waals surface area contributed by atoms with E-state index in [1.165, 1.54) is 11.6 Å². The van der Waals surface area contributed by atoms with Crippen molar-refractivity contribution >= 4 is 0 Å². The molecule has 0 saturated heterocycles. The normalized spacial score (nSPS) is 13.2. The Labute approximate surface area is 120 Å². The quantitative estimate of drug-likeness (QED) is 0.870. The average Bonchev–Trinajstić information content (AvgIpc) is 2.41. The minimum Gasteiger partial charge on any atom is -0.309 e. The van der Waals surface area contributed by atoms with Crippen molar-refractivity contribution in [3.63, 3.8) is 0 Å². The van der Waals surface area contributed by atoms with Crippen molar-refractivity contribution in [2.24, 2.45) is 0 Å². The lowest BCUT2D eigenvalue weighted by Crippen LogP contribution is -2.24. The molecule has 0 heterocycles. The van der Waals surface area contributed by atoms with Gasteiger partial charge < -0.3 is 5.32 Å². The van der Waals surface area contributed by atoms with E-state index >= 15 is 0 Å². The fourth-order valence-electron chi connectivity index (χ4n) is 2.62. The van der Waals surface area contributed by atoms with Gasteiger partial charge in [-0.1, -0.05) is 63.2 Å². The van der Waals surface area contributed by atoms with Crippen LogP contribution in [0.25, 0.3) is 0 Å². The minimum atomic E-state index is -0.171. The van der Waals surface area contributed by atoms with Gasteiger partial charge in [-0.15, -0.1) is 0 Å². The van der Waals surface area contributed by atoms with E-state index in [1.54, 1.807) is 6.07 Å². The summed E-state index contributed by atoms with van der Waals surface area (Å²) in [6.07, 6.45) is 0. The number of nitrogens with one attached hydrogen (secondary N) is 1. The molecule has 0 fully saturated rings. The first-order valence-corrected chi connectivity index (χ1v) is 6.96. The summed E-state index contributed by atoms with van der Waals surface area (Å²) >= 11 is 0. The van der Waals surface area contributed by atoms with Crippen LogP contribution in [-0.4, -0.2) is 7.05 Å². The average molecular weight is 271 g/mol. The van der Waals surface area contributed by atoms with Crippen LogP contribution in [0.5, 0.6) is 0 Å². The summed E-state index contributed by atoms with van der Waals surface area (Å²) in [7, 11) is 1.87. The predicted molar refractivity (Wildman–Crippen MR) is 82.4 cm³/mol. The molecule has 0 spiro atoms. The van der Waals surface area contributed by atoms with Gasteiger partial charge in [0.1, 0.15) is 5.82 Å². The maximum Gasteiger partial charge on any atom is 0.128 e. The molecule has 106 valence electrons. The highest BCUT2D eigenvalue weighted by molar-refractivity contribution is 5.41. The first-order chi connectivity index (χ1) is 9.45. The molecule has 0 radical (unpaired) electrons. The number of rotatable bonds is 3. The number of benzene rings is 2. The number of hydrogen-bond donors (Lipinski definition) is 1. The van der Waals surface area contributed by atoms with Gasteiger partial charge in [0.15, 0.2) is 0 Å². The zero-order valence-corrected chi connectivity index (χ0v) is 12.6. The van der Waals surface area contributed by atoms with Crippen molar-refractivity contribution < 1.29 is 4.39 Å². The Morgan fingerprint density at radius 1 is 0.900 bits per heavy atom. The minimum absolute atomic E-state index is 0.0248. The molecule has 0 aliphatic carbocycles. The molecule has 1 unspecified atom stereocenters. The molecule has 2 aromatic carbocycles. The van der Waals surface area contributed by atoms with Gasteiger partial charge in [0.25, 0.3) is 0 Å². The van der Waals surface area contributed by atoms with Crippen LogP contribution in [0, 0.1) is 5.82 Å². The van der Waals surface area contributed by atoms with Crippen LogP contribution in [0.4, 0.5) is 4.39 Å². The largest absolute Gasteiger partial charge is 0.309 e. The van der Waals surface area contributed by atoms with E-state index in [0.717, 1.165) is 5.56 Å². The Hall–Kier alpha value is -1.67. The second-order valence-electron chi connectivity index (χ2n) is 6.08. The van der Waals surface area contributed by atoms with E-state index in [9.17, 15) is 4.39 Å². The Morgan fingerprint density at radius 3 is 2.00 bits per heavy atom. The van der Waals surface area contributed by atoms with Crippen molar-refractivity contribution in [1.82, 2.24) is 5.32 Å². The molecule has 0 aliphatic heterocycles. The van der Waals surface area contributed by atoms with Gasteiger partial charge in [-0.05, 0) is 29.7 Å². The molecule has 0 aliphatic rings. The summed E-state index contributed by atoms with van der Waals surface area (Å²) in [5, 5.41) is 3.25. The lowest BCUT2D eigenvalue weighted by atomic mass is 9.80. The molecular formula is C18H22FN. The van der Waals surface area contributed by atoms with Crippen LogP contribution in [-0.2, 0) is 5.41 Å². The molecule has 1 nitrogen and oxygen atoms in total. The maximum absolute atomic E-state index is 14.1. The zero-order chi connectivity index (χ0) is 14.8. The highest BCUT2D eigenvalue weighted by atomic mass is 19.1.